The molecule has 0 radical (unpaired) electrons. The first-order valence-corrected chi connectivity index (χ1v) is 7.34. The molecule has 0 aliphatic heterocycles. The molecule has 1 unspecified atom stereocenters. The molecule has 0 heterocycles. The number of fused-ring (bicyclic) bond motifs is 1. The Kier molecular flexibility index (Phi) is 4.69. The Bertz CT molecular complexity index is 595. The second kappa shape index (κ2) is 6.34. The summed E-state index contributed by atoms with van der Waals surface area (Å²) < 4.78 is 9.85. The fraction of sp³-hybridized carbons (Fsp3) is 0.444. The molecule has 1 atom stereocenters. The number of rotatable bonds is 3. The maximum absolute atomic E-state index is 12.4. The van der Waals surface area contributed by atoms with Gasteiger partial charge in [0.1, 0.15) is 0 Å². The van der Waals surface area contributed by atoms with Crippen molar-refractivity contribution in [3.63, 3.8) is 0 Å². The molecule has 1 aromatic rings. The molecular formula is C18H22O4. The van der Waals surface area contributed by atoms with Crippen LogP contribution in [0.3, 0.4) is 0 Å². The molecule has 0 fully saturated rings. The predicted molar refractivity (Wildman–Crippen MR) is 83.4 cm³/mol. The molecule has 2 rings (SSSR count). The second-order valence-corrected chi connectivity index (χ2v) is 6.00. The van der Waals surface area contributed by atoms with Crippen LogP contribution in [0.1, 0.15) is 37.3 Å². The van der Waals surface area contributed by atoms with E-state index >= 15 is 0 Å². The van der Waals surface area contributed by atoms with Gasteiger partial charge in [-0.2, -0.15) is 0 Å². The van der Waals surface area contributed by atoms with Crippen LogP contribution >= 0.6 is 0 Å². The van der Waals surface area contributed by atoms with Crippen LogP contribution in [0.2, 0.25) is 0 Å². The summed E-state index contributed by atoms with van der Waals surface area (Å²) >= 11 is 0. The van der Waals surface area contributed by atoms with Gasteiger partial charge in [0.05, 0.1) is 14.2 Å². The number of carbonyl (C=O) groups is 2. The number of hydrogen-bond acceptors (Lipinski definition) is 4. The predicted octanol–water partition coefficient (Wildman–Crippen LogP) is 3.02. The first-order valence-electron chi connectivity index (χ1n) is 7.34. The van der Waals surface area contributed by atoms with E-state index in [9.17, 15) is 9.59 Å². The lowest BCUT2D eigenvalue weighted by atomic mass is 9.66. The van der Waals surface area contributed by atoms with Crippen molar-refractivity contribution < 1.29 is 19.1 Å². The van der Waals surface area contributed by atoms with Gasteiger partial charge in [0.15, 0.2) is 5.41 Å². The topological polar surface area (TPSA) is 52.6 Å². The lowest BCUT2D eigenvalue weighted by molar-refractivity contribution is -0.170. The molecule has 0 aromatic heterocycles. The lowest BCUT2D eigenvalue weighted by Gasteiger charge is -2.37. The third-order valence-electron chi connectivity index (χ3n) is 4.20. The van der Waals surface area contributed by atoms with Crippen LogP contribution in [-0.2, 0) is 25.5 Å². The van der Waals surface area contributed by atoms with Crippen LogP contribution < -0.4 is 0 Å². The Labute approximate surface area is 131 Å². The zero-order valence-corrected chi connectivity index (χ0v) is 13.5. The number of benzene rings is 1. The Morgan fingerprint density at radius 3 is 2.27 bits per heavy atom. The van der Waals surface area contributed by atoms with E-state index in [1.165, 1.54) is 14.2 Å². The number of hydrogen-bond donors (Lipinski definition) is 0. The maximum Gasteiger partial charge on any atom is 0.323 e. The molecule has 22 heavy (non-hydrogen) atoms. The maximum atomic E-state index is 12.4. The minimum absolute atomic E-state index is 0.00634. The molecule has 4 nitrogen and oxygen atoms in total. The summed E-state index contributed by atoms with van der Waals surface area (Å²) in [6.45, 7) is 4.02. The summed E-state index contributed by atoms with van der Waals surface area (Å²) in [6, 6.07) is 7.91. The van der Waals surface area contributed by atoms with Gasteiger partial charge in [-0.25, -0.2) is 0 Å². The number of ether oxygens (including phenoxy) is 2. The van der Waals surface area contributed by atoms with Crippen molar-refractivity contribution in [1.29, 1.82) is 0 Å². The molecule has 1 aliphatic rings. The average molecular weight is 302 g/mol. The first-order chi connectivity index (χ1) is 10.4. The van der Waals surface area contributed by atoms with Gasteiger partial charge in [-0.15, -0.1) is 0 Å². The third kappa shape index (κ3) is 2.78. The van der Waals surface area contributed by atoms with E-state index in [4.69, 9.17) is 9.47 Å². The largest absolute Gasteiger partial charge is 0.468 e. The summed E-state index contributed by atoms with van der Waals surface area (Å²) in [5.74, 6) is -1.06. The molecule has 0 bridgehead atoms. The van der Waals surface area contributed by atoms with Crippen LogP contribution in [0.4, 0.5) is 0 Å². The van der Waals surface area contributed by atoms with E-state index in [1.807, 2.05) is 32.0 Å². The first kappa shape index (κ1) is 16.3. The molecule has 1 aliphatic carbocycles. The van der Waals surface area contributed by atoms with Gasteiger partial charge in [-0.3, -0.25) is 9.59 Å². The van der Waals surface area contributed by atoms with Crippen molar-refractivity contribution in [1.82, 2.24) is 0 Å². The fourth-order valence-electron chi connectivity index (χ4n) is 3.28. The van der Waals surface area contributed by atoms with Crippen LogP contribution in [-0.4, -0.2) is 26.2 Å². The van der Waals surface area contributed by atoms with E-state index in [2.05, 4.69) is 12.1 Å². The summed E-state index contributed by atoms with van der Waals surface area (Å²) in [7, 11) is 2.62. The normalized spacial score (nSPS) is 18.8. The zero-order valence-electron chi connectivity index (χ0n) is 13.5. The van der Waals surface area contributed by atoms with E-state index in [1.54, 1.807) is 0 Å². The molecular weight excluding hydrogens is 280 g/mol. The summed E-state index contributed by atoms with van der Waals surface area (Å²) in [5, 5.41) is 0. The van der Waals surface area contributed by atoms with Crippen molar-refractivity contribution >= 4 is 11.9 Å². The van der Waals surface area contributed by atoms with Crippen molar-refractivity contribution in [2.24, 2.45) is 5.41 Å². The lowest BCUT2D eigenvalue weighted by Crippen LogP contribution is -2.46. The molecule has 118 valence electrons. The second-order valence-electron chi connectivity index (χ2n) is 6.00. The minimum atomic E-state index is -1.27. The standard InChI is InChI=1S/C18H22O4/c1-12(2)9-14-11-18(16(19)21-3,17(20)22-4)10-13-7-5-6-8-15(13)14/h5-9,14H,10-11H2,1-4H3. The number of methoxy groups -OCH3 is 2. The Hall–Kier alpha value is -2.10. The van der Waals surface area contributed by atoms with Crippen molar-refractivity contribution in [2.75, 3.05) is 14.2 Å². The van der Waals surface area contributed by atoms with Crippen molar-refractivity contribution in [3.05, 3.63) is 47.0 Å². The number of carbonyl (C=O) groups excluding carboxylic acids is 2. The van der Waals surface area contributed by atoms with Crippen LogP contribution in [0, 0.1) is 5.41 Å². The van der Waals surface area contributed by atoms with Gasteiger partial charge in [-0.05, 0) is 37.8 Å². The molecule has 4 heteroatoms. The van der Waals surface area contributed by atoms with E-state index in [-0.39, 0.29) is 5.92 Å². The Morgan fingerprint density at radius 1 is 1.14 bits per heavy atom. The molecule has 0 amide bonds. The highest BCUT2D eigenvalue weighted by molar-refractivity contribution is 6.00. The summed E-state index contributed by atoms with van der Waals surface area (Å²) in [6.07, 6.45) is 2.78. The SMILES string of the molecule is COC(=O)C1(C(=O)OC)Cc2ccccc2C(C=C(C)C)C1. The van der Waals surface area contributed by atoms with Crippen LogP contribution in [0.5, 0.6) is 0 Å². The number of esters is 2. The highest BCUT2D eigenvalue weighted by atomic mass is 16.5. The van der Waals surface area contributed by atoms with Gasteiger partial charge in [0.2, 0.25) is 0 Å². The quantitative estimate of drug-likeness (QED) is 0.489. The zero-order chi connectivity index (χ0) is 16.3. The van der Waals surface area contributed by atoms with Gasteiger partial charge >= 0.3 is 11.9 Å². The summed E-state index contributed by atoms with van der Waals surface area (Å²) in [4.78, 5) is 24.8. The molecule has 0 saturated carbocycles. The fourth-order valence-corrected chi connectivity index (χ4v) is 3.28. The van der Waals surface area contributed by atoms with Gasteiger partial charge < -0.3 is 9.47 Å². The third-order valence-corrected chi connectivity index (χ3v) is 4.20. The van der Waals surface area contributed by atoms with Gasteiger partial charge in [-0.1, -0.05) is 35.9 Å². The monoisotopic (exact) mass is 302 g/mol. The molecule has 1 aromatic carbocycles. The van der Waals surface area contributed by atoms with Gasteiger partial charge in [0, 0.05) is 5.92 Å². The Morgan fingerprint density at radius 2 is 1.73 bits per heavy atom. The van der Waals surface area contributed by atoms with Crippen molar-refractivity contribution in [3.8, 4) is 0 Å². The molecule has 0 N–H and O–H groups in total. The number of allylic oxidation sites excluding steroid dienone is 2. The van der Waals surface area contributed by atoms with Gasteiger partial charge in [0.25, 0.3) is 0 Å². The van der Waals surface area contributed by atoms with Crippen LogP contribution in [0.25, 0.3) is 0 Å². The average Bonchev–Trinajstić information content (AvgIpc) is 2.52. The van der Waals surface area contributed by atoms with E-state index < -0.39 is 17.4 Å². The highest BCUT2D eigenvalue weighted by Gasteiger charge is 2.52. The van der Waals surface area contributed by atoms with E-state index in [0.29, 0.717) is 12.8 Å². The highest BCUT2D eigenvalue weighted by Crippen LogP contribution is 2.45. The minimum Gasteiger partial charge on any atom is -0.468 e. The molecule has 0 saturated heterocycles. The summed E-state index contributed by atoms with van der Waals surface area (Å²) in [5.41, 5.74) is 2.03. The Balaban J connectivity index is 2.58. The van der Waals surface area contributed by atoms with E-state index in [0.717, 1.165) is 16.7 Å². The molecule has 0 spiro atoms. The van der Waals surface area contributed by atoms with Crippen LogP contribution in [0.15, 0.2) is 35.9 Å². The smallest absolute Gasteiger partial charge is 0.323 e. The van der Waals surface area contributed by atoms with Crippen molar-refractivity contribution in [2.45, 2.75) is 32.6 Å².